The lowest BCUT2D eigenvalue weighted by atomic mass is 10.1. The number of rotatable bonds is 5. The number of alkyl halides is 6. The maximum atomic E-state index is 13.2. The Balaban J connectivity index is 2.07. The van der Waals surface area contributed by atoms with Crippen LogP contribution in [0.2, 0.25) is 0 Å². The Morgan fingerprint density at radius 2 is 1.29 bits per heavy atom. The molecule has 2 aromatic carbocycles. The molecular formula is C21H15F6NO5S. The minimum atomic E-state index is -5.14. The van der Waals surface area contributed by atoms with Crippen LogP contribution in [-0.4, -0.2) is 32.5 Å². The Labute approximate surface area is 193 Å². The molecule has 0 spiro atoms. The second-order valence-electron chi connectivity index (χ2n) is 6.74. The smallest absolute Gasteiger partial charge is 0.416 e. The van der Waals surface area contributed by atoms with Crippen molar-refractivity contribution >= 4 is 34.7 Å². The summed E-state index contributed by atoms with van der Waals surface area (Å²) >= 11 is 0.358. The van der Waals surface area contributed by atoms with Gasteiger partial charge in [0.05, 0.1) is 43.0 Å². The Hall–Kier alpha value is -3.35. The minimum absolute atomic E-state index is 0.0890. The first-order chi connectivity index (χ1) is 15.8. The van der Waals surface area contributed by atoms with Crippen molar-refractivity contribution < 1.29 is 50.1 Å². The standard InChI is InChI=1S/C21H15F6NO5S/c1-31-14-4-10(5-15(32-2)17(14)33-3)6-16-18(29)28(19(30)34-16)13-8-11(20(22,23)24)7-12(9-13)21(25,26)27/h4-9H,1-3H3/b16-6+. The fourth-order valence-corrected chi connectivity index (χ4v) is 3.94. The van der Waals surface area contributed by atoms with Crippen LogP contribution >= 0.6 is 11.8 Å². The van der Waals surface area contributed by atoms with Gasteiger partial charge in [-0.2, -0.15) is 26.3 Å². The normalized spacial score (nSPS) is 15.8. The van der Waals surface area contributed by atoms with E-state index < -0.39 is 40.3 Å². The molecule has 1 fully saturated rings. The molecule has 2 amide bonds. The summed E-state index contributed by atoms with van der Waals surface area (Å²) in [7, 11) is 4.07. The molecular weight excluding hydrogens is 492 g/mol. The maximum Gasteiger partial charge on any atom is 0.416 e. The molecule has 1 heterocycles. The number of hydrogen-bond donors (Lipinski definition) is 0. The summed E-state index contributed by atoms with van der Waals surface area (Å²) in [5.41, 5.74) is -3.84. The lowest BCUT2D eigenvalue weighted by Gasteiger charge is -2.18. The van der Waals surface area contributed by atoms with Gasteiger partial charge in [-0.1, -0.05) is 0 Å². The monoisotopic (exact) mass is 507 g/mol. The van der Waals surface area contributed by atoms with Crippen molar-refractivity contribution in [3.05, 3.63) is 51.9 Å². The van der Waals surface area contributed by atoms with Gasteiger partial charge in [-0.3, -0.25) is 9.59 Å². The molecule has 182 valence electrons. The van der Waals surface area contributed by atoms with Crippen LogP contribution in [0.5, 0.6) is 17.2 Å². The molecule has 0 bridgehead atoms. The second-order valence-corrected chi connectivity index (χ2v) is 7.73. The molecule has 0 saturated carbocycles. The van der Waals surface area contributed by atoms with Crippen molar-refractivity contribution in [3.63, 3.8) is 0 Å². The zero-order chi connectivity index (χ0) is 25.4. The van der Waals surface area contributed by atoms with Gasteiger partial charge >= 0.3 is 12.4 Å². The maximum absolute atomic E-state index is 13.2. The van der Waals surface area contributed by atoms with Crippen molar-refractivity contribution in [2.45, 2.75) is 12.4 Å². The highest BCUT2D eigenvalue weighted by Crippen LogP contribution is 2.43. The number of nitrogens with zero attached hydrogens (tertiary/aromatic N) is 1. The van der Waals surface area contributed by atoms with Crippen LogP contribution in [0.4, 0.5) is 36.8 Å². The average Bonchev–Trinajstić information content (AvgIpc) is 3.04. The Bertz CT molecular complexity index is 1120. The lowest BCUT2D eigenvalue weighted by Crippen LogP contribution is -2.28. The highest BCUT2D eigenvalue weighted by Gasteiger charge is 2.41. The van der Waals surface area contributed by atoms with E-state index in [1.165, 1.54) is 39.5 Å². The van der Waals surface area contributed by atoms with Gasteiger partial charge in [0.1, 0.15) is 0 Å². The Morgan fingerprint density at radius 1 is 0.794 bits per heavy atom. The van der Waals surface area contributed by atoms with E-state index in [2.05, 4.69) is 0 Å². The SMILES string of the molecule is COc1cc(/C=C2/SC(=O)N(c3cc(C(F)(F)F)cc(C(F)(F)F)c3)C2=O)cc(OC)c1OC. The van der Waals surface area contributed by atoms with Gasteiger partial charge < -0.3 is 14.2 Å². The summed E-state index contributed by atoms with van der Waals surface area (Å²) in [6, 6.07) is 3.43. The van der Waals surface area contributed by atoms with Gasteiger partial charge in [-0.15, -0.1) is 0 Å². The topological polar surface area (TPSA) is 65.1 Å². The van der Waals surface area contributed by atoms with Gasteiger partial charge in [0, 0.05) is 0 Å². The fraction of sp³-hybridized carbons (Fsp3) is 0.238. The number of thioether (sulfide) groups is 1. The van der Waals surface area contributed by atoms with E-state index in [1.54, 1.807) is 0 Å². The van der Waals surface area contributed by atoms with Gasteiger partial charge in [0.2, 0.25) is 5.75 Å². The summed E-state index contributed by atoms with van der Waals surface area (Å²) in [6.45, 7) is 0. The summed E-state index contributed by atoms with van der Waals surface area (Å²) in [5, 5.41) is -1.06. The predicted molar refractivity (Wildman–Crippen MR) is 111 cm³/mol. The van der Waals surface area contributed by atoms with Crippen LogP contribution in [-0.2, 0) is 17.1 Å². The molecule has 13 heteroatoms. The molecule has 1 saturated heterocycles. The Kier molecular flexibility index (Phi) is 6.78. The highest BCUT2D eigenvalue weighted by molar-refractivity contribution is 8.19. The number of imide groups is 1. The zero-order valence-electron chi connectivity index (χ0n) is 17.6. The number of carbonyl (C=O) groups is 2. The molecule has 0 aromatic heterocycles. The third kappa shape index (κ3) is 4.93. The number of methoxy groups -OCH3 is 3. The van der Waals surface area contributed by atoms with E-state index in [0.29, 0.717) is 29.5 Å². The van der Waals surface area contributed by atoms with Crippen LogP contribution in [0.1, 0.15) is 16.7 Å². The van der Waals surface area contributed by atoms with Crippen LogP contribution in [0.3, 0.4) is 0 Å². The number of benzene rings is 2. The number of ether oxygens (including phenoxy) is 3. The fourth-order valence-electron chi connectivity index (χ4n) is 3.09. The molecule has 1 aliphatic heterocycles. The largest absolute Gasteiger partial charge is 0.493 e. The first-order valence-electron chi connectivity index (χ1n) is 9.17. The third-order valence-corrected chi connectivity index (χ3v) is 5.48. The highest BCUT2D eigenvalue weighted by atomic mass is 32.2. The molecule has 0 aliphatic carbocycles. The van der Waals surface area contributed by atoms with E-state index in [-0.39, 0.29) is 33.1 Å². The van der Waals surface area contributed by atoms with Gasteiger partial charge in [0.25, 0.3) is 11.1 Å². The summed E-state index contributed by atoms with van der Waals surface area (Å²) in [5.74, 6) is -0.393. The van der Waals surface area contributed by atoms with Crippen molar-refractivity contribution in [3.8, 4) is 17.2 Å². The van der Waals surface area contributed by atoms with Gasteiger partial charge in [-0.05, 0) is 53.7 Å². The molecule has 0 atom stereocenters. The van der Waals surface area contributed by atoms with Crippen molar-refractivity contribution in [2.24, 2.45) is 0 Å². The van der Waals surface area contributed by atoms with Crippen LogP contribution < -0.4 is 19.1 Å². The summed E-state index contributed by atoms with van der Waals surface area (Å²) < 4.78 is 94.7. The zero-order valence-corrected chi connectivity index (χ0v) is 18.4. The Morgan fingerprint density at radius 3 is 1.71 bits per heavy atom. The predicted octanol–water partition coefficient (Wildman–Crippen LogP) is 5.99. The molecule has 3 rings (SSSR count). The molecule has 34 heavy (non-hydrogen) atoms. The van der Waals surface area contributed by atoms with Crippen LogP contribution in [0.25, 0.3) is 6.08 Å². The number of amides is 2. The number of halogens is 6. The molecule has 0 N–H and O–H groups in total. The van der Waals surface area contributed by atoms with E-state index in [4.69, 9.17) is 14.2 Å². The van der Waals surface area contributed by atoms with Crippen molar-refractivity contribution in [1.82, 2.24) is 0 Å². The van der Waals surface area contributed by atoms with Crippen molar-refractivity contribution in [2.75, 3.05) is 26.2 Å². The van der Waals surface area contributed by atoms with Gasteiger partial charge in [0.15, 0.2) is 11.5 Å². The quantitative estimate of drug-likeness (QED) is 0.366. The van der Waals surface area contributed by atoms with Gasteiger partial charge in [-0.25, -0.2) is 4.90 Å². The number of carbonyl (C=O) groups excluding carboxylic acids is 2. The summed E-state index contributed by atoms with van der Waals surface area (Å²) in [6.07, 6.45) is -9.04. The first-order valence-corrected chi connectivity index (χ1v) is 9.99. The van der Waals surface area contributed by atoms with E-state index in [9.17, 15) is 35.9 Å². The summed E-state index contributed by atoms with van der Waals surface area (Å²) in [4.78, 5) is 25.3. The minimum Gasteiger partial charge on any atom is -0.493 e. The molecule has 0 unspecified atom stereocenters. The first kappa shape index (κ1) is 25.3. The average molecular weight is 507 g/mol. The number of anilines is 1. The van der Waals surface area contributed by atoms with E-state index in [0.717, 1.165) is 0 Å². The number of hydrogen-bond acceptors (Lipinski definition) is 6. The third-order valence-electron chi connectivity index (χ3n) is 4.61. The van der Waals surface area contributed by atoms with Crippen LogP contribution in [0.15, 0.2) is 35.2 Å². The second kappa shape index (κ2) is 9.12. The lowest BCUT2D eigenvalue weighted by molar-refractivity contribution is -0.143. The molecule has 1 aliphatic rings. The van der Waals surface area contributed by atoms with Crippen molar-refractivity contribution in [1.29, 1.82) is 0 Å². The molecule has 6 nitrogen and oxygen atoms in total. The van der Waals surface area contributed by atoms with E-state index in [1.807, 2.05) is 0 Å². The molecule has 2 aromatic rings. The molecule has 0 radical (unpaired) electrons. The van der Waals surface area contributed by atoms with E-state index >= 15 is 0 Å². The van der Waals surface area contributed by atoms with Crippen LogP contribution in [0, 0.1) is 0 Å².